The van der Waals surface area contributed by atoms with Crippen molar-refractivity contribution in [3.63, 3.8) is 0 Å². The Morgan fingerprint density at radius 1 is 1.25 bits per heavy atom. The second kappa shape index (κ2) is 7.41. The van der Waals surface area contributed by atoms with Crippen LogP contribution in [0.25, 0.3) is 0 Å². The maximum atomic E-state index is 5.27. The number of aromatic nitrogens is 1. The molecule has 0 saturated heterocycles. The first-order valence-electron chi connectivity index (χ1n) is 6.72. The number of ether oxygens (including phenoxy) is 1. The van der Waals surface area contributed by atoms with Gasteiger partial charge in [-0.25, -0.2) is 0 Å². The minimum Gasteiger partial charge on any atom is -0.495 e. The molecule has 0 amide bonds. The third kappa shape index (κ3) is 3.81. The third-order valence-electron chi connectivity index (χ3n) is 3.08. The number of pyridine rings is 1. The van der Waals surface area contributed by atoms with Crippen LogP contribution in [0.15, 0.2) is 47.2 Å². The van der Waals surface area contributed by atoms with Gasteiger partial charge < -0.3 is 10.1 Å². The van der Waals surface area contributed by atoms with Crippen molar-refractivity contribution in [2.75, 3.05) is 13.7 Å². The van der Waals surface area contributed by atoms with Gasteiger partial charge in [0.15, 0.2) is 0 Å². The molecular formula is C16H19BrN2O. The number of nitrogens with zero attached hydrogens (tertiary/aromatic N) is 1. The number of benzene rings is 1. The van der Waals surface area contributed by atoms with Gasteiger partial charge in [0.05, 0.1) is 19.3 Å². The lowest BCUT2D eigenvalue weighted by molar-refractivity contribution is 0.411. The van der Waals surface area contributed by atoms with E-state index in [1.165, 1.54) is 5.56 Å². The van der Waals surface area contributed by atoms with E-state index in [1.54, 1.807) is 13.3 Å². The monoisotopic (exact) mass is 334 g/mol. The molecular weight excluding hydrogens is 316 g/mol. The minimum absolute atomic E-state index is 0.120. The average Bonchev–Trinajstić information content (AvgIpc) is 2.48. The summed E-state index contributed by atoms with van der Waals surface area (Å²) >= 11 is 3.53. The number of rotatable bonds is 6. The zero-order valence-electron chi connectivity index (χ0n) is 11.8. The van der Waals surface area contributed by atoms with E-state index in [0.717, 1.165) is 28.8 Å². The van der Waals surface area contributed by atoms with Crippen molar-refractivity contribution in [3.8, 4) is 5.75 Å². The molecule has 20 heavy (non-hydrogen) atoms. The normalized spacial score (nSPS) is 12.2. The topological polar surface area (TPSA) is 34.2 Å². The highest BCUT2D eigenvalue weighted by atomic mass is 79.9. The van der Waals surface area contributed by atoms with Gasteiger partial charge in [0, 0.05) is 10.7 Å². The van der Waals surface area contributed by atoms with Crippen molar-refractivity contribution >= 4 is 15.9 Å². The largest absolute Gasteiger partial charge is 0.495 e. The number of nitrogens with one attached hydrogen (secondary N) is 1. The summed E-state index contributed by atoms with van der Waals surface area (Å²) in [4.78, 5) is 4.26. The Hall–Kier alpha value is -1.39. The fourth-order valence-electron chi connectivity index (χ4n) is 2.11. The lowest BCUT2D eigenvalue weighted by Gasteiger charge is -2.20. The first-order valence-corrected chi connectivity index (χ1v) is 7.51. The molecule has 0 bridgehead atoms. The zero-order chi connectivity index (χ0) is 14.4. The SMILES string of the molecule is CCCNC(c1cccc(Br)c1)c1cncc(OC)c1. The van der Waals surface area contributed by atoms with Crippen molar-refractivity contribution in [3.05, 3.63) is 58.3 Å². The van der Waals surface area contributed by atoms with Crippen molar-refractivity contribution < 1.29 is 4.74 Å². The van der Waals surface area contributed by atoms with Crippen molar-refractivity contribution in [2.24, 2.45) is 0 Å². The Kier molecular flexibility index (Phi) is 5.56. The molecule has 2 rings (SSSR count). The quantitative estimate of drug-likeness (QED) is 0.868. The number of methoxy groups -OCH3 is 1. The van der Waals surface area contributed by atoms with E-state index in [1.807, 2.05) is 24.4 Å². The molecule has 4 heteroatoms. The molecule has 1 aromatic carbocycles. The lowest BCUT2D eigenvalue weighted by atomic mass is 10.00. The molecule has 0 aliphatic carbocycles. The summed E-state index contributed by atoms with van der Waals surface area (Å²) in [5.74, 6) is 0.779. The van der Waals surface area contributed by atoms with Gasteiger partial charge in [-0.05, 0) is 42.3 Å². The first-order chi connectivity index (χ1) is 9.74. The van der Waals surface area contributed by atoms with Gasteiger partial charge in [-0.1, -0.05) is 35.0 Å². The number of hydrogen-bond acceptors (Lipinski definition) is 3. The van der Waals surface area contributed by atoms with Gasteiger partial charge in [-0.15, -0.1) is 0 Å². The number of hydrogen-bond donors (Lipinski definition) is 1. The maximum absolute atomic E-state index is 5.27. The van der Waals surface area contributed by atoms with Crippen LogP contribution in [0.5, 0.6) is 5.75 Å². The fraction of sp³-hybridized carbons (Fsp3) is 0.312. The Balaban J connectivity index is 2.35. The second-order valence-electron chi connectivity index (χ2n) is 4.60. The second-order valence-corrected chi connectivity index (χ2v) is 5.52. The van der Waals surface area contributed by atoms with E-state index in [0.29, 0.717) is 0 Å². The first kappa shape index (κ1) is 15.0. The molecule has 0 aliphatic heterocycles. The molecule has 1 N–H and O–H groups in total. The smallest absolute Gasteiger partial charge is 0.137 e. The molecule has 1 unspecified atom stereocenters. The van der Waals surface area contributed by atoms with Crippen LogP contribution in [0.4, 0.5) is 0 Å². The molecule has 3 nitrogen and oxygen atoms in total. The van der Waals surface area contributed by atoms with Crippen LogP contribution >= 0.6 is 15.9 Å². The summed E-state index contributed by atoms with van der Waals surface area (Å²) in [5.41, 5.74) is 2.32. The third-order valence-corrected chi connectivity index (χ3v) is 3.58. The van der Waals surface area contributed by atoms with Gasteiger partial charge in [0.1, 0.15) is 5.75 Å². The van der Waals surface area contributed by atoms with Gasteiger partial charge in [0.2, 0.25) is 0 Å². The highest BCUT2D eigenvalue weighted by Gasteiger charge is 2.14. The lowest BCUT2D eigenvalue weighted by Crippen LogP contribution is -2.23. The molecule has 0 radical (unpaired) electrons. The van der Waals surface area contributed by atoms with Gasteiger partial charge in [-0.3, -0.25) is 4.98 Å². The number of halogens is 1. The average molecular weight is 335 g/mol. The molecule has 0 saturated carbocycles. The van der Waals surface area contributed by atoms with E-state index in [9.17, 15) is 0 Å². The van der Waals surface area contributed by atoms with Crippen LogP contribution in [0.1, 0.15) is 30.5 Å². The summed E-state index contributed by atoms with van der Waals surface area (Å²) in [6.07, 6.45) is 4.69. The van der Waals surface area contributed by atoms with Crippen LogP contribution in [0.2, 0.25) is 0 Å². The molecule has 0 fully saturated rings. The molecule has 1 atom stereocenters. The maximum Gasteiger partial charge on any atom is 0.137 e. The van der Waals surface area contributed by atoms with Crippen LogP contribution in [-0.2, 0) is 0 Å². The van der Waals surface area contributed by atoms with Crippen LogP contribution < -0.4 is 10.1 Å². The van der Waals surface area contributed by atoms with Crippen LogP contribution in [0.3, 0.4) is 0 Å². The Morgan fingerprint density at radius 2 is 2.10 bits per heavy atom. The van der Waals surface area contributed by atoms with E-state index >= 15 is 0 Å². The molecule has 1 aromatic heterocycles. The summed E-state index contributed by atoms with van der Waals surface area (Å²) in [6, 6.07) is 10.5. The van der Waals surface area contributed by atoms with Crippen molar-refractivity contribution in [1.82, 2.24) is 10.3 Å². The minimum atomic E-state index is 0.120. The van der Waals surface area contributed by atoms with E-state index in [4.69, 9.17) is 4.74 Å². The summed E-state index contributed by atoms with van der Waals surface area (Å²) in [5, 5.41) is 3.56. The Morgan fingerprint density at radius 3 is 2.80 bits per heavy atom. The van der Waals surface area contributed by atoms with E-state index < -0.39 is 0 Å². The highest BCUT2D eigenvalue weighted by Crippen LogP contribution is 2.26. The van der Waals surface area contributed by atoms with Crippen LogP contribution in [-0.4, -0.2) is 18.6 Å². The van der Waals surface area contributed by atoms with Crippen LogP contribution in [0, 0.1) is 0 Å². The van der Waals surface area contributed by atoms with E-state index in [2.05, 4.69) is 45.3 Å². The summed E-state index contributed by atoms with van der Waals surface area (Å²) < 4.78 is 6.35. The summed E-state index contributed by atoms with van der Waals surface area (Å²) in [7, 11) is 1.66. The van der Waals surface area contributed by atoms with Gasteiger partial charge >= 0.3 is 0 Å². The zero-order valence-corrected chi connectivity index (χ0v) is 13.4. The van der Waals surface area contributed by atoms with Crippen molar-refractivity contribution in [1.29, 1.82) is 0 Å². The van der Waals surface area contributed by atoms with Gasteiger partial charge in [0.25, 0.3) is 0 Å². The predicted octanol–water partition coefficient (Wildman–Crippen LogP) is 3.94. The standard InChI is InChI=1S/C16H19BrN2O/c1-3-7-19-16(12-5-4-6-14(17)8-12)13-9-15(20-2)11-18-10-13/h4-6,8-11,16,19H,3,7H2,1-2H3. The van der Waals surface area contributed by atoms with E-state index in [-0.39, 0.29) is 6.04 Å². The highest BCUT2D eigenvalue weighted by molar-refractivity contribution is 9.10. The van der Waals surface area contributed by atoms with Crippen molar-refractivity contribution in [2.45, 2.75) is 19.4 Å². The van der Waals surface area contributed by atoms with Gasteiger partial charge in [-0.2, -0.15) is 0 Å². The molecule has 0 spiro atoms. The Labute approximate surface area is 128 Å². The molecule has 106 valence electrons. The Bertz CT molecular complexity index is 560. The predicted molar refractivity (Wildman–Crippen MR) is 85.1 cm³/mol. The molecule has 1 heterocycles. The molecule has 2 aromatic rings. The summed E-state index contributed by atoms with van der Waals surface area (Å²) in [6.45, 7) is 3.11. The molecule has 0 aliphatic rings. The fourth-order valence-corrected chi connectivity index (χ4v) is 2.53.